The molecule has 0 saturated heterocycles. The number of carbonyl (C=O) groups is 2. The van der Waals surface area contributed by atoms with Crippen LogP contribution in [0.3, 0.4) is 0 Å². The quantitative estimate of drug-likeness (QED) is 0.0211. The van der Waals surface area contributed by atoms with Gasteiger partial charge in [0.2, 0.25) is 0 Å². The van der Waals surface area contributed by atoms with Crippen molar-refractivity contribution >= 4 is 19.8 Å². The van der Waals surface area contributed by atoms with E-state index < -0.39 is 26.5 Å². The predicted molar refractivity (Wildman–Crippen MR) is 386 cm³/mol. The number of phosphoric acid groups is 1. The molecule has 2 unspecified atom stereocenters. The standard InChI is InChI=1S/C79H156NO8P/c1-6-8-10-12-14-16-18-20-22-24-26-28-30-32-34-35-36-37-38-39-40-41-42-43-44-45-46-48-50-52-54-56-58-60-62-64-66-68-70-72-79(82)88-77(76-87-89(83,84)86-74-73-80(3,4)5)75-85-78(81)71-69-67-65-63-61-59-57-55-53-51-49-47-33-31-29-27-25-23-21-19-17-15-13-11-9-7-2/h24,26,77H,6-23,25,27-76H2,1-5H3/p+1/b26-24-. The monoisotopic (exact) mass is 1280 g/mol. The summed E-state index contributed by atoms with van der Waals surface area (Å²) in [5.41, 5.74) is 0. The normalized spacial score (nSPS) is 13.0. The fourth-order valence-electron chi connectivity index (χ4n) is 12.4. The second kappa shape index (κ2) is 71.1. The molecule has 0 aromatic carbocycles. The van der Waals surface area contributed by atoms with Gasteiger partial charge in [-0.15, -0.1) is 0 Å². The number of unbranched alkanes of at least 4 members (excludes halogenated alkanes) is 60. The third-order valence-electron chi connectivity index (χ3n) is 18.5. The Bertz CT molecular complexity index is 1500. The number of carbonyl (C=O) groups excluding carboxylic acids is 2. The van der Waals surface area contributed by atoms with E-state index in [0.717, 1.165) is 38.5 Å². The van der Waals surface area contributed by atoms with Crippen LogP contribution in [0.4, 0.5) is 0 Å². The molecule has 0 spiro atoms. The van der Waals surface area contributed by atoms with Gasteiger partial charge in [-0.05, 0) is 38.5 Å². The largest absolute Gasteiger partial charge is 0.472 e. The lowest BCUT2D eigenvalue weighted by Gasteiger charge is -2.24. The fraction of sp³-hybridized carbons (Fsp3) is 0.949. The molecule has 0 aromatic rings. The lowest BCUT2D eigenvalue weighted by molar-refractivity contribution is -0.870. The third kappa shape index (κ3) is 75.7. The van der Waals surface area contributed by atoms with Gasteiger partial charge in [-0.1, -0.05) is 392 Å². The topological polar surface area (TPSA) is 108 Å². The molecule has 0 aliphatic rings. The lowest BCUT2D eigenvalue weighted by atomic mass is 10.0. The summed E-state index contributed by atoms with van der Waals surface area (Å²) in [5.74, 6) is -0.766. The average molecular weight is 1280 g/mol. The van der Waals surface area contributed by atoms with Crippen LogP contribution in [0.25, 0.3) is 0 Å². The summed E-state index contributed by atoms with van der Waals surface area (Å²) in [6, 6.07) is 0. The smallest absolute Gasteiger partial charge is 0.462 e. The first-order valence-electron chi connectivity index (χ1n) is 39.9. The van der Waals surface area contributed by atoms with Crippen molar-refractivity contribution in [2.24, 2.45) is 0 Å². The van der Waals surface area contributed by atoms with Crippen LogP contribution in [0.15, 0.2) is 12.2 Å². The Kier molecular flexibility index (Phi) is 70.1. The molecule has 10 heteroatoms. The second-order valence-electron chi connectivity index (χ2n) is 28.8. The van der Waals surface area contributed by atoms with Gasteiger partial charge in [0.15, 0.2) is 6.10 Å². The van der Waals surface area contributed by atoms with E-state index in [2.05, 4.69) is 26.0 Å². The average Bonchev–Trinajstić information content (AvgIpc) is 3.60. The van der Waals surface area contributed by atoms with Gasteiger partial charge in [-0.3, -0.25) is 18.6 Å². The van der Waals surface area contributed by atoms with Gasteiger partial charge in [0.25, 0.3) is 0 Å². The number of quaternary nitrogens is 1. The fourth-order valence-corrected chi connectivity index (χ4v) is 13.2. The minimum Gasteiger partial charge on any atom is -0.462 e. The maximum atomic E-state index is 12.9. The van der Waals surface area contributed by atoms with Gasteiger partial charge < -0.3 is 18.9 Å². The zero-order valence-electron chi connectivity index (χ0n) is 60.7. The molecular formula is C79H157NO8P+. The van der Waals surface area contributed by atoms with Crippen molar-refractivity contribution in [1.82, 2.24) is 0 Å². The maximum Gasteiger partial charge on any atom is 0.472 e. The number of hydrogen-bond donors (Lipinski definition) is 1. The molecule has 1 N–H and O–H groups in total. The summed E-state index contributed by atoms with van der Waals surface area (Å²) >= 11 is 0. The first-order chi connectivity index (χ1) is 43.5. The van der Waals surface area contributed by atoms with Crippen molar-refractivity contribution in [1.29, 1.82) is 0 Å². The van der Waals surface area contributed by atoms with Gasteiger partial charge in [-0.25, -0.2) is 4.57 Å². The zero-order chi connectivity index (χ0) is 64.8. The van der Waals surface area contributed by atoms with Crippen molar-refractivity contribution in [3.8, 4) is 0 Å². The third-order valence-corrected chi connectivity index (χ3v) is 19.5. The molecule has 0 heterocycles. The molecule has 0 rings (SSSR count). The van der Waals surface area contributed by atoms with Crippen LogP contribution < -0.4 is 0 Å². The van der Waals surface area contributed by atoms with E-state index in [1.54, 1.807) is 0 Å². The number of likely N-dealkylation sites (N-methyl/N-ethyl adjacent to an activating group) is 1. The number of hydrogen-bond acceptors (Lipinski definition) is 7. The Hall–Kier alpha value is -1.25. The Morgan fingerprint density at radius 3 is 0.831 bits per heavy atom. The molecule has 0 fully saturated rings. The molecule has 0 saturated carbocycles. The SMILES string of the molecule is CCCCCCCCCC/C=C\CCCCCCCCCCCCCCCCCCCCCCCCCCCCCC(=O)OC(COC(=O)CCCCCCCCCCCCCCCCCCCCCCCCCCCC)COP(=O)(O)OCC[N+](C)(C)C. The molecule has 530 valence electrons. The van der Waals surface area contributed by atoms with Gasteiger partial charge in [0.1, 0.15) is 19.8 Å². The summed E-state index contributed by atoms with van der Waals surface area (Å²) in [5, 5.41) is 0. The van der Waals surface area contributed by atoms with E-state index in [0.29, 0.717) is 17.4 Å². The number of nitrogens with zero attached hydrogens (tertiary/aromatic N) is 1. The Morgan fingerprint density at radius 1 is 0.337 bits per heavy atom. The maximum absolute atomic E-state index is 12.9. The summed E-state index contributed by atoms with van der Waals surface area (Å²) < 4.78 is 34.8. The van der Waals surface area contributed by atoms with Gasteiger partial charge in [0.05, 0.1) is 27.7 Å². The molecule has 0 aliphatic heterocycles. The van der Waals surface area contributed by atoms with Crippen molar-refractivity contribution in [2.45, 2.75) is 437 Å². The van der Waals surface area contributed by atoms with E-state index >= 15 is 0 Å². The van der Waals surface area contributed by atoms with E-state index in [4.69, 9.17) is 18.5 Å². The highest BCUT2D eigenvalue weighted by molar-refractivity contribution is 7.47. The summed E-state index contributed by atoms with van der Waals surface area (Å²) in [4.78, 5) is 35.9. The van der Waals surface area contributed by atoms with E-state index in [9.17, 15) is 19.0 Å². The van der Waals surface area contributed by atoms with E-state index in [1.165, 1.54) is 366 Å². The molecule has 0 aliphatic carbocycles. The Morgan fingerprint density at radius 2 is 0.573 bits per heavy atom. The van der Waals surface area contributed by atoms with Crippen molar-refractivity contribution < 1.29 is 42.1 Å². The Balaban J connectivity index is 3.87. The molecule has 0 bridgehead atoms. The van der Waals surface area contributed by atoms with Crippen molar-refractivity contribution in [2.75, 3.05) is 47.5 Å². The summed E-state index contributed by atoms with van der Waals surface area (Å²) in [6.07, 6.45) is 89.4. The molecular weight excluding hydrogens is 1120 g/mol. The molecule has 0 aromatic heterocycles. The molecule has 0 amide bonds. The number of phosphoric ester groups is 1. The highest BCUT2D eigenvalue weighted by Gasteiger charge is 2.27. The van der Waals surface area contributed by atoms with E-state index in [1.807, 2.05) is 21.1 Å². The number of esters is 2. The number of rotatable bonds is 76. The van der Waals surface area contributed by atoms with Crippen LogP contribution in [0.2, 0.25) is 0 Å². The molecule has 89 heavy (non-hydrogen) atoms. The van der Waals surface area contributed by atoms with E-state index in [-0.39, 0.29) is 25.6 Å². The van der Waals surface area contributed by atoms with Crippen LogP contribution in [0, 0.1) is 0 Å². The second-order valence-corrected chi connectivity index (χ2v) is 30.3. The highest BCUT2D eigenvalue weighted by Crippen LogP contribution is 2.43. The van der Waals surface area contributed by atoms with Crippen LogP contribution in [-0.4, -0.2) is 74.9 Å². The molecule has 2 atom stereocenters. The van der Waals surface area contributed by atoms with Gasteiger partial charge >= 0.3 is 19.8 Å². The van der Waals surface area contributed by atoms with Crippen LogP contribution >= 0.6 is 7.82 Å². The molecule has 9 nitrogen and oxygen atoms in total. The van der Waals surface area contributed by atoms with Crippen molar-refractivity contribution in [3.05, 3.63) is 12.2 Å². The van der Waals surface area contributed by atoms with Crippen LogP contribution in [0.1, 0.15) is 431 Å². The minimum absolute atomic E-state index is 0.0372. The van der Waals surface area contributed by atoms with Crippen LogP contribution in [-0.2, 0) is 32.7 Å². The van der Waals surface area contributed by atoms with Crippen molar-refractivity contribution in [3.63, 3.8) is 0 Å². The Labute approximate surface area is 556 Å². The minimum atomic E-state index is -4.39. The van der Waals surface area contributed by atoms with Gasteiger partial charge in [-0.2, -0.15) is 0 Å². The van der Waals surface area contributed by atoms with Crippen LogP contribution in [0.5, 0.6) is 0 Å². The summed E-state index contributed by atoms with van der Waals surface area (Å²) in [7, 11) is 1.51. The zero-order valence-corrected chi connectivity index (χ0v) is 61.6. The first kappa shape index (κ1) is 87.8. The predicted octanol–water partition coefficient (Wildman–Crippen LogP) is 26.2. The highest BCUT2D eigenvalue weighted by atomic mass is 31.2. The lowest BCUT2D eigenvalue weighted by Crippen LogP contribution is -2.37. The first-order valence-corrected chi connectivity index (χ1v) is 41.4. The van der Waals surface area contributed by atoms with Gasteiger partial charge in [0, 0.05) is 12.8 Å². The number of ether oxygens (including phenoxy) is 2. The molecule has 0 radical (unpaired) electrons. The number of allylic oxidation sites excluding steroid dienone is 2. The summed E-state index contributed by atoms with van der Waals surface area (Å²) in [6.45, 7) is 4.53.